The Balaban J connectivity index is 1.60. The number of para-hydroxylation sites is 2. The molecule has 2 aromatic rings. The molecule has 0 atom stereocenters. The van der Waals surface area contributed by atoms with Gasteiger partial charge in [0.2, 0.25) is 5.91 Å². The maximum absolute atomic E-state index is 12.3. The van der Waals surface area contributed by atoms with Crippen LogP contribution in [0.2, 0.25) is 0 Å². The fourth-order valence-corrected chi connectivity index (χ4v) is 2.88. The molecule has 0 saturated carbocycles. The van der Waals surface area contributed by atoms with Crippen LogP contribution in [-0.2, 0) is 16.0 Å². The average Bonchev–Trinajstić information content (AvgIpc) is 2.68. The van der Waals surface area contributed by atoms with Gasteiger partial charge in [0.1, 0.15) is 0 Å². The van der Waals surface area contributed by atoms with Gasteiger partial charge in [-0.2, -0.15) is 5.26 Å². The number of nitrogens with zero attached hydrogens (tertiary/aromatic N) is 2. The van der Waals surface area contributed by atoms with Crippen LogP contribution < -0.4 is 10.2 Å². The number of carbonyl (C=O) groups is 1. The number of rotatable bonds is 5. The molecule has 1 amide bonds. The summed E-state index contributed by atoms with van der Waals surface area (Å²) in [6.07, 6.45) is 1.06. The van der Waals surface area contributed by atoms with E-state index in [1.54, 1.807) is 12.1 Å². The number of benzene rings is 2. The second kappa shape index (κ2) is 8.32. The first kappa shape index (κ1) is 17.0. The minimum Gasteiger partial charge on any atom is -0.378 e. The Morgan fingerprint density at radius 2 is 1.84 bits per heavy atom. The summed E-state index contributed by atoms with van der Waals surface area (Å²) in [5.74, 6) is -0.00920. The lowest BCUT2D eigenvalue weighted by molar-refractivity contribution is -0.116. The predicted molar refractivity (Wildman–Crippen MR) is 97.6 cm³/mol. The van der Waals surface area contributed by atoms with E-state index < -0.39 is 0 Å². The summed E-state index contributed by atoms with van der Waals surface area (Å²) in [5, 5.41) is 11.8. The Labute approximate surface area is 147 Å². The number of hydrogen-bond acceptors (Lipinski definition) is 4. The van der Waals surface area contributed by atoms with Gasteiger partial charge in [-0.25, -0.2) is 0 Å². The summed E-state index contributed by atoms with van der Waals surface area (Å²) in [4.78, 5) is 14.6. The molecule has 0 unspecified atom stereocenters. The first-order valence-electron chi connectivity index (χ1n) is 8.47. The van der Waals surface area contributed by atoms with Gasteiger partial charge in [0, 0.05) is 19.5 Å². The third-order valence-corrected chi connectivity index (χ3v) is 4.25. The molecule has 0 radical (unpaired) electrons. The fraction of sp³-hybridized carbons (Fsp3) is 0.300. The van der Waals surface area contributed by atoms with E-state index in [2.05, 4.69) is 16.3 Å². The van der Waals surface area contributed by atoms with E-state index in [4.69, 9.17) is 10.00 Å². The smallest absolute Gasteiger partial charge is 0.224 e. The van der Waals surface area contributed by atoms with Crippen molar-refractivity contribution in [2.45, 2.75) is 12.8 Å². The van der Waals surface area contributed by atoms with E-state index in [1.165, 1.54) is 0 Å². The van der Waals surface area contributed by atoms with Crippen LogP contribution in [0.25, 0.3) is 0 Å². The number of carbonyl (C=O) groups excluding carboxylic acids is 1. The second-order valence-corrected chi connectivity index (χ2v) is 5.97. The Morgan fingerprint density at radius 3 is 2.56 bits per heavy atom. The largest absolute Gasteiger partial charge is 0.378 e. The quantitative estimate of drug-likeness (QED) is 0.912. The molecule has 1 saturated heterocycles. The lowest BCUT2D eigenvalue weighted by Gasteiger charge is -2.30. The van der Waals surface area contributed by atoms with Gasteiger partial charge in [-0.1, -0.05) is 24.3 Å². The first-order chi connectivity index (χ1) is 12.3. The molecule has 0 aromatic heterocycles. The molecule has 0 aliphatic carbocycles. The van der Waals surface area contributed by atoms with E-state index in [0.29, 0.717) is 31.6 Å². The van der Waals surface area contributed by atoms with Crippen LogP contribution in [0.15, 0.2) is 48.5 Å². The summed E-state index contributed by atoms with van der Waals surface area (Å²) < 4.78 is 5.40. The van der Waals surface area contributed by atoms with Crippen molar-refractivity contribution in [2.24, 2.45) is 0 Å². The Hall–Kier alpha value is -2.84. The SMILES string of the molecule is N#Cc1ccc(CCC(=O)Nc2ccccc2N2CCOCC2)cc1. The zero-order valence-electron chi connectivity index (χ0n) is 14.1. The minimum atomic E-state index is -0.00920. The van der Waals surface area contributed by atoms with E-state index in [9.17, 15) is 4.79 Å². The molecule has 1 heterocycles. The number of nitriles is 1. The maximum Gasteiger partial charge on any atom is 0.224 e. The van der Waals surface area contributed by atoms with Crippen molar-refractivity contribution in [2.75, 3.05) is 36.5 Å². The first-order valence-corrected chi connectivity index (χ1v) is 8.47. The summed E-state index contributed by atoms with van der Waals surface area (Å²) >= 11 is 0. The van der Waals surface area contributed by atoms with Gasteiger partial charge in [0.05, 0.1) is 36.2 Å². The number of anilines is 2. The number of nitrogens with one attached hydrogen (secondary N) is 1. The molecule has 1 aliphatic heterocycles. The molecule has 5 heteroatoms. The van der Waals surface area contributed by atoms with Crippen molar-refractivity contribution in [3.8, 4) is 6.07 Å². The highest BCUT2D eigenvalue weighted by Gasteiger charge is 2.15. The molecule has 1 fully saturated rings. The van der Waals surface area contributed by atoms with E-state index in [-0.39, 0.29) is 5.91 Å². The van der Waals surface area contributed by atoms with Gasteiger partial charge in [-0.15, -0.1) is 0 Å². The highest BCUT2D eigenvalue weighted by atomic mass is 16.5. The van der Waals surface area contributed by atoms with E-state index >= 15 is 0 Å². The van der Waals surface area contributed by atoms with Crippen molar-refractivity contribution in [3.05, 3.63) is 59.7 Å². The highest BCUT2D eigenvalue weighted by molar-refractivity contribution is 5.94. The number of ether oxygens (including phenoxy) is 1. The van der Waals surface area contributed by atoms with Crippen LogP contribution in [0.4, 0.5) is 11.4 Å². The lowest BCUT2D eigenvalue weighted by atomic mass is 10.1. The standard InChI is InChI=1S/C20H21N3O2/c21-15-17-7-5-16(6-8-17)9-10-20(24)22-18-3-1-2-4-19(18)23-11-13-25-14-12-23/h1-8H,9-14H2,(H,22,24). The van der Waals surface area contributed by atoms with Crippen LogP contribution >= 0.6 is 0 Å². The minimum absolute atomic E-state index is 0.00920. The van der Waals surface area contributed by atoms with E-state index in [0.717, 1.165) is 30.0 Å². The van der Waals surface area contributed by atoms with Gasteiger partial charge in [-0.05, 0) is 36.2 Å². The molecule has 128 valence electrons. The average molecular weight is 335 g/mol. The van der Waals surface area contributed by atoms with Crippen molar-refractivity contribution in [1.29, 1.82) is 5.26 Å². The predicted octanol–water partition coefficient (Wildman–Crippen LogP) is 2.97. The summed E-state index contributed by atoms with van der Waals surface area (Å²) in [6, 6.07) is 17.3. The van der Waals surface area contributed by atoms with Gasteiger partial charge < -0.3 is 15.0 Å². The normalized spacial score (nSPS) is 14.0. The zero-order chi connectivity index (χ0) is 17.5. The summed E-state index contributed by atoms with van der Waals surface area (Å²) in [6.45, 7) is 3.08. The Bertz CT molecular complexity index is 759. The van der Waals surface area contributed by atoms with Crippen molar-refractivity contribution >= 4 is 17.3 Å². The highest BCUT2D eigenvalue weighted by Crippen LogP contribution is 2.26. The summed E-state index contributed by atoms with van der Waals surface area (Å²) in [5.41, 5.74) is 3.56. The third kappa shape index (κ3) is 4.59. The number of morpholine rings is 1. The van der Waals surface area contributed by atoms with Crippen molar-refractivity contribution < 1.29 is 9.53 Å². The Morgan fingerprint density at radius 1 is 1.12 bits per heavy atom. The van der Waals surface area contributed by atoms with Gasteiger partial charge in [0.25, 0.3) is 0 Å². The number of aryl methyl sites for hydroxylation is 1. The third-order valence-electron chi connectivity index (χ3n) is 4.25. The molecule has 25 heavy (non-hydrogen) atoms. The van der Waals surface area contributed by atoms with Crippen molar-refractivity contribution in [3.63, 3.8) is 0 Å². The second-order valence-electron chi connectivity index (χ2n) is 5.97. The fourth-order valence-electron chi connectivity index (χ4n) is 2.88. The molecule has 1 aliphatic rings. The topological polar surface area (TPSA) is 65.4 Å². The van der Waals surface area contributed by atoms with Crippen molar-refractivity contribution in [1.82, 2.24) is 0 Å². The molecule has 2 aromatic carbocycles. The molecular formula is C20H21N3O2. The summed E-state index contributed by atoms with van der Waals surface area (Å²) in [7, 11) is 0. The molecule has 0 spiro atoms. The van der Waals surface area contributed by atoms with Crippen LogP contribution in [0, 0.1) is 11.3 Å². The van der Waals surface area contributed by atoms with E-state index in [1.807, 2.05) is 36.4 Å². The molecular weight excluding hydrogens is 314 g/mol. The molecule has 3 rings (SSSR count). The monoisotopic (exact) mass is 335 g/mol. The van der Waals surface area contributed by atoms with Crippen LogP contribution in [0.5, 0.6) is 0 Å². The van der Waals surface area contributed by atoms with Crippen LogP contribution in [0.3, 0.4) is 0 Å². The lowest BCUT2D eigenvalue weighted by Crippen LogP contribution is -2.36. The van der Waals surface area contributed by atoms with Crippen LogP contribution in [-0.4, -0.2) is 32.2 Å². The van der Waals surface area contributed by atoms with Gasteiger partial charge in [-0.3, -0.25) is 4.79 Å². The van der Waals surface area contributed by atoms with Gasteiger partial charge >= 0.3 is 0 Å². The van der Waals surface area contributed by atoms with Gasteiger partial charge in [0.15, 0.2) is 0 Å². The van der Waals surface area contributed by atoms with Crippen LogP contribution in [0.1, 0.15) is 17.5 Å². The molecule has 1 N–H and O–H groups in total. The number of hydrogen-bond donors (Lipinski definition) is 1. The Kier molecular flexibility index (Phi) is 5.65. The number of amides is 1. The molecule has 5 nitrogen and oxygen atoms in total. The zero-order valence-corrected chi connectivity index (χ0v) is 14.1. The molecule has 0 bridgehead atoms. The maximum atomic E-state index is 12.3.